The molecule has 2 N–H and O–H groups in total. The Morgan fingerprint density at radius 1 is 1.50 bits per heavy atom. The summed E-state index contributed by atoms with van der Waals surface area (Å²) in [4.78, 5) is 13.5. The lowest BCUT2D eigenvalue weighted by Gasteiger charge is -2.31. The number of nitrogens with zero attached hydrogens (tertiary/aromatic N) is 1. The van der Waals surface area contributed by atoms with E-state index in [1.54, 1.807) is 6.07 Å². The van der Waals surface area contributed by atoms with Gasteiger partial charge in [-0.25, -0.2) is 4.39 Å². The SMILES string of the molecule is COC(=O)C(N)Cc1cc(F)ccc1N1CCOCC1. The van der Waals surface area contributed by atoms with E-state index in [4.69, 9.17) is 10.5 Å². The Morgan fingerprint density at radius 3 is 2.85 bits per heavy atom. The second-order valence-corrected chi connectivity index (χ2v) is 4.71. The third-order valence-electron chi connectivity index (χ3n) is 3.34. The molecule has 0 aromatic heterocycles. The maximum absolute atomic E-state index is 13.4. The van der Waals surface area contributed by atoms with E-state index >= 15 is 0 Å². The van der Waals surface area contributed by atoms with Gasteiger partial charge in [0.2, 0.25) is 0 Å². The summed E-state index contributed by atoms with van der Waals surface area (Å²) in [5.41, 5.74) is 7.38. The first kappa shape index (κ1) is 14.7. The molecule has 20 heavy (non-hydrogen) atoms. The maximum Gasteiger partial charge on any atom is 0.322 e. The predicted octanol–water partition coefficient (Wildman–Crippen LogP) is 0.705. The summed E-state index contributed by atoms with van der Waals surface area (Å²) in [5, 5.41) is 0. The van der Waals surface area contributed by atoms with Crippen molar-refractivity contribution < 1.29 is 18.7 Å². The Morgan fingerprint density at radius 2 is 2.20 bits per heavy atom. The molecule has 1 heterocycles. The molecule has 0 amide bonds. The normalized spacial score (nSPS) is 16.9. The van der Waals surface area contributed by atoms with Gasteiger partial charge in [0.25, 0.3) is 0 Å². The molecular weight excluding hydrogens is 263 g/mol. The Hall–Kier alpha value is -1.66. The van der Waals surface area contributed by atoms with E-state index in [2.05, 4.69) is 9.64 Å². The molecule has 0 spiro atoms. The van der Waals surface area contributed by atoms with E-state index in [1.807, 2.05) is 0 Å². The van der Waals surface area contributed by atoms with Gasteiger partial charge in [0.1, 0.15) is 11.9 Å². The molecule has 1 aliphatic heterocycles. The maximum atomic E-state index is 13.4. The lowest BCUT2D eigenvalue weighted by molar-refractivity contribution is -0.142. The molecule has 1 saturated heterocycles. The van der Waals surface area contributed by atoms with Crippen LogP contribution in [0, 0.1) is 5.82 Å². The smallest absolute Gasteiger partial charge is 0.322 e. The molecule has 5 nitrogen and oxygen atoms in total. The topological polar surface area (TPSA) is 64.8 Å². The number of morpholine rings is 1. The third-order valence-corrected chi connectivity index (χ3v) is 3.34. The zero-order valence-corrected chi connectivity index (χ0v) is 11.5. The summed E-state index contributed by atoms with van der Waals surface area (Å²) in [7, 11) is 1.29. The van der Waals surface area contributed by atoms with Crippen LogP contribution in [0.1, 0.15) is 5.56 Å². The summed E-state index contributed by atoms with van der Waals surface area (Å²) in [6.07, 6.45) is 0.247. The number of nitrogens with two attached hydrogens (primary N) is 1. The van der Waals surface area contributed by atoms with Gasteiger partial charge in [0.15, 0.2) is 0 Å². The van der Waals surface area contributed by atoms with Crippen LogP contribution in [0.25, 0.3) is 0 Å². The van der Waals surface area contributed by atoms with Crippen LogP contribution in [0.15, 0.2) is 18.2 Å². The number of benzene rings is 1. The highest BCUT2D eigenvalue weighted by molar-refractivity contribution is 5.76. The van der Waals surface area contributed by atoms with Crippen LogP contribution in [0.5, 0.6) is 0 Å². The zero-order chi connectivity index (χ0) is 14.5. The quantitative estimate of drug-likeness (QED) is 0.824. The number of methoxy groups -OCH3 is 1. The van der Waals surface area contributed by atoms with Gasteiger partial charge in [-0.15, -0.1) is 0 Å². The number of anilines is 1. The van der Waals surface area contributed by atoms with Crippen molar-refractivity contribution in [2.45, 2.75) is 12.5 Å². The highest BCUT2D eigenvalue weighted by Crippen LogP contribution is 2.24. The number of hydrogen-bond donors (Lipinski definition) is 1. The highest BCUT2D eigenvalue weighted by Gasteiger charge is 2.20. The van der Waals surface area contributed by atoms with E-state index in [1.165, 1.54) is 19.2 Å². The van der Waals surface area contributed by atoms with Gasteiger partial charge >= 0.3 is 5.97 Å². The molecule has 1 atom stereocenters. The summed E-state index contributed by atoms with van der Waals surface area (Å²) in [6, 6.07) is 3.77. The first-order valence-corrected chi connectivity index (χ1v) is 6.56. The lowest BCUT2D eigenvalue weighted by atomic mass is 10.0. The number of carbonyl (C=O) groups is 1. The monoisotopic (exact) mass is 282 g/mol. The van der Waals surface area contributed by atoms with Crippen LogP contribution in [0.4, 0.5) is 10.1 Å². The van der Waals surface area contributed by atoms with Crippen LogP contribution in [0.3, 0.4) is 0 Å². The minimum absolute atomic E-state index is 0.247. The minimum atomic E-state index is -0.790. The van der Waals surface area contributed by atoms with E-state index in [0.717, 1.165) is 18.8 Å². The molecule has 1 fully saturated rings. The van der Waals surface area contributed by atoms with E-state index in [9.17, 15) is 9.18 Å². The van der Waals surface area contributed by atoms with Gasteiger partial charge in [-0.1, -0.05) is 0 Å². The average Bonchev–Trinajstić information content (AvgIpc) is 2.47. The molecule has 0 bridgehead atoms. The van der Waals surface area contributed by atoms with Gasteiger partial charge in [-0.3, -0.25) is 4.79 Å². The van der Waals surface area contributed by atoms with Crippen LogP contribution >= 0.6 is 0 Å². The Balaban J connectivity index is 2.21. The Bertz CT molecular complexity index is 475. The molecule has 1 unspecified atom stereocenters. The fraction of sp³-hybridized carbons (Fsp3) is 0.500. The number of hydrogen-bond acceptors (Lipinski definition) is 5. The molecule has 110 valence electrons. The number of esters is 1. The highest BCUT2D eigenvalue weighted by atomic mass is 19.1. The molecule has 1 aromatic carbocycles. The van der Waals surface area contributed by atoms with Crippen molar-refractivity contribution in [2.24, 2.45) is 5.73 Å². The molecule has 6 heteroatoms. The van der Waals surface area contributed by atoms with Crippen LogP contribution < -0.4 is 10.6 Å². The zero-order valence-electron chi connectivity index (χ0n) is 11.5. The summed E-state index contributed by atoms with van der Waals surface area (Å²) in [6.45, 7) is 2.76. The van der Waals surface area contributed by atoms with Gasteiger partial charge in [-0.2, -0.15) is 0 Å². The van der Waals surface area contributed by atoms with Crippen molar-refractivity contribution in [1.29, 1.82) is 0 Å². The van der Waals surface area contributed by atoms with Crippen LogP contribution in [-0.2, 0) is 20.7 Å². The number of halogens is 1. The lowest BCUT2D eigenvalue weighted by Crippen LogP contribution is -2.38. The van der Waals surface area contributed by atoms with Crippen LogP contribution in [-0.4, -0.2) is 45.4 Å². The molecule has 0 saturated carbocycles. The second-order valence-electron chi connectivity index (χ2n) is 4.71. The van der Waals surface area contributed by atoms with E-state index in [0.29, 0.717) is 18.8 Å². The largest absolute Gasteiger partial charge is 0.468 e. The number of rotatable bonds is 4. The molecule has 1 aromatic rings. The van der Waals surface area contributed by atoms with Crippen molar-refractivity contribution in [1.82, 2.24) is 0 Å². The van der Waals surface area contributed by atoms with Crippen LogP contribution in [0.2, 0.25) is 0 Å². The first-order chi connectivity index (χ1) is 9.61. The number of ether oxygens (including phenoxy) is 2. The van der Waals surface area contributed by atoms with Gasteiger partial charge < -0.3 is 20.1 Å². The van der Waals surface area contributed by atoms with Gasteiger partial charge in [0, 0.05) is 25.2 Å². The van der Waals surface area contributed by atoms with Crippen molar-refractivity contribution in [3.63, 3.8) is 0 Å². The fourth-order valence-electron chi connectivity index (χ4n) is 2.30. The average molecular weight is 282 g/mol. The summed E-state index contributed by atoms with van der Waals surface area (Å²) in [5.74, 6) is -0.837. The van der Waals surface area contributed by atoms with E-state index < -0.39 is 12.0 Å². The Labute approximate surface area is 117 Å². The standard InChI is InChI=1S/C14H19FN2O3/c1-19-14(18)12(16)9-10-8-11(15)2-3-13(10)17-4-6-20-7-5-17/h2-3,8,12H,4-7,9,16H2,1H3. The Kier molecular flexibility index (Phi) is 4.92. The molecule has 1 aliphatic rings. The molecular formula is C14H19FN2O3. The van der Waals surface area contributed by atoms with Crippen molar-refractivity contribution in [2.75, 3.05) is 38.3 Å². The second kappa shape index (κ2) is 6.67. The molecule has 0 aliphatic carbocycles. The van der Waals surface area contributed by atoms with Crippen molar-refractivity contribution >= 4 is 11.7 Å². The predicted molar refractivity (Wildman–Crippen MR) is 73.1 cm³/mol. The summed E-state index contributed by atoms with van der Waals surface area (Å²) < 4.78 is 23.4. The summed E-state index contributed by atoms with van der Waals surface area (Å²) >= 11 is 0. The molecule has 0 radical (unpaired) electrons. The first-order valence-electron chi connectivity index (χ1n) is 6.56. The van der Waals surface area contributed by atoms with Gasteiger partial charge in [0.05, 0.1) is 20.3 Å². The molecule has 2 rings (SSSR count). The van der Waals surface area contributed by atoms with Crippen molar-refractivity contribution in [3.05, 3.63) is 29.6 Å². The van der Waals surface area contributed by atoms with Gasteiger partial charge in [-0.05, 0) is 23.8 Å². The fourth-order valence-corrected chi connectivity index (χ4v) is 2.30. The third kappa shape index (κ3) is 3.46. The van der Waals surface area contributed by atoms with E-state index in [-0.39, 0.29) is 12.2 Å². The number of carbonyl (C=O) groups excluding carboxylic acids is 1. The van der Waals surface area contributed by atoms with Crippen molar-refractivity contribution in [3.8, 4) is 0 Å². The minimum Gasteiger partial charge on any atom is -0.468 e.